The molecule has 58 heavy (non-hydrogen) atoms. The Morgan fingerprint density at radius 2 is 0.638 bits per heavy atom. The van der Waals surface area contributed by atoms with E-state index in [1.807, 2.05) is 22.7 Å². The van der Waals surface area contributed by atoms with Crippen molar-refractivity contribution < 1.29 is 10.2 Å². The molecular weight excluding hydrogens is 749 g/mol. The smallest absolute Gasteiger partial charge is 0.123 e. The normalized spacial score (nSPS) is 12.6. The highest BCUT2D eigenvalue weighted by molar-refractivity contribution is 7.26. The lowest BCUT2D eigenvalue weighted by molar-refractivity contribution is 0.422. The number of hydrogen-bond acceptors (Lipinski definition) is 6. The fourth-order valence-corrected chi connectivity index (χ4v) is 10.1. The fourth-order valence-electron chi connectivity index (χ4n) is 7.55. The molecule has 0 saturated heterocycles. The van der Waals surface area contributed by atoms with Gasteiger partial charge in [0.1, 0.15) is 11.5 Å². The van der Waals surface area contributed by atoms with E-state index in [4.69, 9.17) is 0 Å². The standard InChI is InChI=1S/C52H64N2O2S2/c1-49(2,3)39-25-33(26-40(45(39)55)50(4,5)6)37-29-43(31-17-21-35(22-18-31)53(13)14)57-47(37)48-38(30-44(58-48)32-19-23-36(24-20-32)54(15)16)34-27-41(51(7,8)9)46(56)42(28-34)52(10,11)12/h17-30,55-56H,1-16H3. The van der Waals surface area contributed by atoms with Crippen molar-refractivity contribution in [3.63, 3.8) is 0 Å². The molecule has 0 amide bonds. The van der Waals surface area contributed by atoms with Gasteiger partial charge in [0, 0.05) is 82.7 Å². The van der Waals surface area contributed by atoms with Gasteiger partial charge in [-0.25, -0.2) is 0 Å². The van der Waals surface area contributed by atoms with Crippen LogP contribution in [0, 0.1) is 0 Å². The van der Waals surface area contributed by atoms with Crippen molar-refractivity contribution in [1.82, 2.24) is 0 Å². The summed E-state index contributed by atoms with van der Waals surface area (Å²) in [5, 5.41) is 23.7. The van der Waals surface area contributed by atoms with Gasteiger partial charge in [0.05, 0.1) is 9.75 Å². The van der Waals surface area contributed by atoms with Crippen molar-refractivity contribution in [2.75, 3.05) is 38.0 Å². The van der Waals surface area contributed by atoms with Crippen molar-refractivity contribution in [2.24, 2.45) is 0 Å². The summed E-state index contributed by atoms with van der Waals surface area (Å²) in [5.74, 6) is 0.766. The summed E-state index contributed by atoms with van der Waals surface area (Å²) in [5.41, 5.74) is 11.8. The minimum atomic E-state index is -0.278. The van der Waals surface area contributed by atoms with E-state index >= 15 is 0 Å². The van der Waals surface area contributed by atoms with E-state index in [1.54, 1.807) is 0 Å². The lowest BCUT2D eigenvalue weighted by Gasteiger charge is -2.28. The van der Waals surface area contributed by atoms with Crippen LogP contribution >= 0.6 is 22.7 Å². The molecule has 2 N–H and O–H groups in total. The Bertz CT molecular complexity index is 2190. The Morgan fingerprint density at radius 3 is 0.862 bits per heavy atom. The molecule has 6 rings (SSSR count). The first-order valence-electron chi connectivity index (χ1n) is 20.4. The van der Waals surface area contributed by atoms with Crippen LogP contribution in [-0.4, -0.2) is 38.4 Å². The van der Waals surface area contributed by atoms with Crippen LogP contribution in [0.3, 0.4) is 0 Å². The summed E-state index contributed by atoms with van der Waals surface area (Å²) in [6.45, 7) is 26.2. The van der Waals surface area contributed by atoms with E-state index in [0.29, 0.717) is 11.5 Å². The van der Waals surface area contributed by atoms with Crippen LogP contribution in [0.15, 0.2) is 84.9 Å². The number of aromatic hydroxyl groups is 2. The lowest BCUT2D eigenvalue weighted by atomic mass is 9.77. The van der Waals surface area contributed by atoms with Gasteiger partial charge in [-0.1, -0.05) is 107 Å². The molecule has 0 fully saturated rings. The third-order valence-corrected chi connectivity index (χ3v) is 13.6. The van der Waals surface area contributed by atoms with Gasteiger partial charge in [-0.2, -0.15) is 0 Å². The second-order valence-electron chi connectivity index (χ2n) is 20.4. The topological polar surface area (TPSA) is 46.9 Å². The first-order valence-corrected chi connectivity index (χ1v) is 22.0. The van der Waals surface area contributed by atoms with E-state index in [0.717, 1.165) is 55.9 Å². The molecule has 0 radical (unpaired) electrons. The summed E-state index contributed by atoms with van der Waals surface area (Å²) in [4.78, 5) is 9.02. The van der Waals surface area contributed by atoms with E-state index in [1.165, 1.54) is 30.6 Å². The average Bonchev–Trinajstić information content (AvgIpc) is 3.76. The average molecular weight is 813 g/mol. The number of rotatable bonds is 7. The van der Waals surface area contributed by atoms with Gasteiger partial charge < -0.3 is 20.0 Å². The molecule has 4 aromatic carbocycles. The van der Waals surface area contributed by atoms with Crippen LogP contribution in [0.5, 0.6) is 11.5 Å². The van der Waals surface area contributed by atoms with Crippen LogP contribution in [0.2, 0.25) is 0 Å². The van der Waals surface area contributed by atoms with Gasteiger partial charge in [-0.15, -0.1) is 22.7 Å². The maximum absolute atomic E-state index is 11.8. The van der Waals surface area contributed by atoms with Crippen LogP contribution in [-0.2, 0) is 21.7 Å². The number of hydrogen-bond donors (Lipinski definition) is 2. The number of benzene rings is 4. The van der Waals surface area contributed by atoms with Crippen LogP contribution in [0.1, 0.15) is 105 Å². The van der Waals surface area contributed by atoms with E-state index in [9.17, 15) is 10.2 Å². The molecule has 0 saturated carbocycles. The highest BCUT2D eigenvalue weighted by Gasteiger charge is 2.31. The molecule has 0 spiro atoms. The molecule has 0 unspecified atom stereocenters. The molecule has 306 valence electrons. The zero-order chi connectivity index (χ0) is 42.9. The number of phenolic OH excluding ortho intramolecular Hbond substituents is 2. The van der Waals surface area contributed by atoms with Gasteiger partial charge in [0.25, 0.3) is 0 Å². The highest BCUT2D eigenvalue weighted by atomic mass is 32.1. The molecule has 6 heteroatoms. The number of anilines is 2. The molecule has 6 aromatic rings. The SMILES string of the molecule is CN(C)c1ccc(-c2cc(-c3cc(C(C)(C)C)c(O)c(C(C)(C)C)c3)c(-c3sc(-c4ccc(N(C)C)cc4)cc3-c3cc(C(C)(C)C)c(O)c(C(C)(C)C)c3)s2)cc1. The second-order valence-corrected chi connectivity index (χ2v) is 22.5. The minimum absolute atomic E-state index is 0.278. The zero-order valence-corrected chi connectivity index (χ0v) is 39.3. The number of thiophene rings is 2. The third-order valence-electron chi connectivity index (χ3n) is 11.1. The van der Waals surface area contributed by atoms with Gasteiger partial charge in [0.2, 0.25) is 0 Å². The van der Waals surface area contributed by atoms with Gasteiger partial charge in [0.15, 0.2) is 0 Å². The van der Waals surface area contributed by atoms with Crippen molar-refractivity contribution in [2.45, 2.75) is 105 Å². The third kappa shape index (κ3) is 8.60. The van der Waals surface area contributed by atoms with E-state index in [-0.39, 0.29) is 21.7 Å². The first-order chi connectivity index (χ1) is 26.8. The lowest BCUT2D eigenvalue weighted by Crippen LogP contribution is -2.17. The Morgan fingerprint density at radius 1 is 0.379 bits per heavy atom. The zero-order valence-electron chi connectivity index (χ0n) is 37.7. The fraction of sp³-hybridized carbons (Fsp3) is 0.385. The van der Waals surface area contributed by atoms with Crippen molar-refractivity contribution >= 4 is 34.0 Å². The molecular formula is C52H64N2O2S2. The molecule has 4 nitrogen and oxygen atoms in total. The Labute approximate surface area is 356 Å². The summed E-state index contributed by atoms with van der Waals surface area (Å²) >= 11 is 3.66. The number of phenols is 2. The minimum Gasteiger partial charge on any atom is -0.507 e. The first kappa shape index (κ1) is 43.1. The van der Waals surface area contributed by atoms with Gasteiger partial charge in [-0.05, 0) is 105 Å². The summed E-state index contributed by atoms with van der Waals surface area (Å²) in [6.07, 6.45) is 0. The number of nitrogens with zero attached hydrogens (tertiary/aromatic N) is 2. The molecule has 0 atom stereocenters. The molecule has 2 aromatic heterocycles. The van der Waals surface area contributed by atoms with E-state index in [2.05, 4.69) is 206 Å². The summed E-state index contributed by atoms with van der Waals surface area (Å²) in [6, 6.07) is 31.3. The summed E-state index contributed by atoms with van der Waals surface area (Å²) < 4.78 is 0. The Balaban J connectivity index is 1.74. The molecule has 0 aliphatic rings. The van der Waals surface area contributed by atoms with Gasteiger partial charge in [-0.3, -0.25) is 0 Å². The predicted molar refractivity (Wildman–Crippen MR) is 256 cm³/mol. The molecule has 2 heterocycles. The monoisotopic (exact) mass is 812 g/mol. The maximum Gasteiger partial charge on any atom is 0.123 e. The Kier molecular flexibility index (Phi) is 11.3. The van der Waals surface area contributed by atoms with Gasteiger partial charge >= 0.3 is 0 Å². The molecule has 0 aliphatic carbocycles. The van der Waals surface area contributed by atoms with Crippen molar-refractivity contribution in [3.05, 3.63) is 107 Å². The molecule has 0 bridgehead atoms. The maximum atomic E-state index is 11.8. The van der Waals surface area contributed by atoms with Crippen LogP contribution < -0.4 is 9.80 Å². The molecule has 0 aliphatic heterocycles. The van der Waals surface area contributed by atoms with Crippen LogP contribution in [0.25, 0.3) is 52.9 Å². The largest absolute Gasteiger partial charge is 0.507 e. The summed E-state index contributed by atoms with van der Waals surface area (Å²) in [7, 11) is 8.29. The Hall–Kier alpha value is -4.52. The highest BCUT2D eigenvalue weighted by Crippen LogP contribution is 2.54. The van der Waals surface area contributed by atoms with E-state index < -0.39 is 0 Å². The van der Waals surface area contributed by atoms with Crippen molar-refractivity contribution in [1.29, 1.82) is 0 Å². The van der Waals surface area contributed by atoms with Crippen LogP contribution in [0.4, 0.5) is 11.4 Å². The van der Waals surface area contributed by atoms with Crippen molar-refractivity contribution in [3.8, 4) is 64.4 Å². The second kappa shape index (κ2) is 15.3. The predicted octanol–water partition coefficient (Wildman–Crippen LogP) is 14.9. The quantitative estimate of drug-likeness (QED) is 0.169.